The Kier molecular flexibility index (Phi) is 5.15. The second-order valence-corrected chi connectivity index (χ2v) is 6.53. The summed E-state index contributed by atoms with van der Waals surface area (Å²) in [6.45, 7) is -0.192. The van der Waals surface area contributed by atoms with Crippen molar-refractivity contribution in [3.63, 3.8) is 0 Å². The lowest BCUT2D eigenvalue weighted by atomic mass is 10.2. The van der Waals surface area contributed by atoms with E-state index in [0.717, 1.165) is 4.57 Å². The number of amides is 1. The minimum Gasteiger partial charge on any atom is -0.315 e. The monoisotopic (exact) mass is 408 g/mol. The molecule has 27 heavy (non-hydrogen) atoms. The summed E-state index contributed by atoms with van der Waals surface area (Å²) in [4.78, 5) is 40.4. The normalized spacial score (nSPS) is 11.4. The van der Waals surface area contributed by atoms with Crippen molar-refractivity contribution in [2.24, 2.45) is 19.2 Å². The topological polar surface area (TPSA) is 103 Å². The summed E-state index contributed by atoms with van der Waals surface area (Å²) in [6.07, 6.45) is 2.74. The molecule has 1 aromatic carbocycles. The second kappa shape index (κ2) is 7.37. The van der Waals surface area contributed by atoms with Crippen molar-refractivity contribution in [3.05, 3.63) is 61.0 Å². The van der Waals surface area contributed by atoms with Gasteiger partial charge in [0.2, 0.25) is 0 Å². The zero-order chi connectivity index (χ0) is 19.7. The highest BCUT2D eigenvalue weighted by molar-refractivity contribution is 6.42. The Labute approximate surface area is 162 Å². The van der Waals surface area contributed by atoms with Crippen LogP contribution in [0.15, 0.2) is 39.2 Å². The summed E-state index contributed by atoms with van der Waals surface area (Å²) in [6, 6.07) is 4.91. The Morgan fingerprint density at radius 2 is 1.96 bits per heavy atom. The molecule has 0 aliphatic carbocycles. The van der Waals surface area contributed by atoms with E-state index < -0.39 is 17.2 Å². The van der Waals surface area contributed by atoms with Crippen molar-refractivity contribution in [2.75, 3.05) is 0 Å². The van der Waals surface area contributed by atoms with E-state index in [9.17, 15) is 14.4 Å². The third-order valence-corrected chi connectivity index (χ3v) is 4.62. The molecule has 0 aliphatic heterocycles. The SMILES string of the molecule is Cn1c(=O)c2c(ncn2CC(=O)N/N=C/c2ccc(Cl)c(Cl)c2)n(C)c1=O. The van der Waals surface area contributed by atoms with Crippen LogP contribution in [0.1, 0.15) is 5.56 Å². The lowest BCUT2D eigenvalue weighted by molar-refractivity contribution is -0.121. The van der Waals surface area contributed by atoms with Crippen molar-refractivity contribution >= 4 is 46.5 Å². The minimum absolute atomic E-state index is 0.156. The number of rotatable bonds is 4. The number of nitrogens with zero attached hydrogens (tertiary/aromatic N) is 5. The number of hydrogen-bond acceptors (Lipinski definition) is 5. The first kappa shape index (κ1) is 18.9. The first-order valence-electron chi connectivity index (χ1n) is 7.67. The Morgan fingerprint density at radius 3 is 2.67 bits per heavy atom. The molecular formula is C16H14Cl2N6O3. The third kappa shape index (κ3) is 3.64. The Bertz CT molecular complexity index is 1190. The van der Waals surface area contributed by atoms with Gasteiger partial charge in [-0.2, -0.15) is 5.10 Å². The van der Waals surface area contributed by atoms with E-state index in [1.54, 1.807) is 18.2 Å². The van der Waals surface area contributed by atoms with E-state index >= 15 is 0 Å². The van der Waals surface area contributed by atoms with Crippen molar-refractivity contribution < 1.29 is 4.79 Å². The highest BCUT2D eigenvalue weighted by atomic mass is 35.5. The second-order valence-electron chi connectivity index (χ2n) is 5.72. The molecule has 0 aliphatic rings. The molecule has 11 heteroatoms. The van der Waals surface area contributed by atoms with Crippen LogP contribution in [-0.4, -0.2) is 30.8 Å². The van der Waals surface area contributed by atoms with Gasteiger partial charge in [0.15, 0.2) is 11.2 Å². The number of imidazole rings is 1. The molecule has 2 heterocycles. The summed E-state index contributed by atoms with van der Waals surface area (Å²) in [5.74, 6) is -0.471. The average Bonchev–Trinajstić information content (AvgIpc) is 3.04. The maximum absolute atomic E-state index is 12.3. The van der Waals surface area contributed by atoms with Gasteiger partial charge in [-0.1, -0.05) is 29.3 Å². The highest BCUT2D eigenvalue weighted by Gasteiger charge is 2.15. The quantitative estimate of drug-likeness (QED) is 0.511. The van der Waals surface area contributed by atoms with Crippen LogP contribution in [-0.2, 0) is 25.4 Å². The van der Waals surface area contributed by atoms with E-state index in [1.165, 1.54) is 35.8 Å². The molecule has 1 N–H and O–H groups in total. The van der Waals surface area contributed by atoms with Crippen LogP contribution in [0.4, 0.5) is 0 Å². The fourth-order valence-electron chi connectivity index (χ4n) is 2.48. The lowest BCUT2D eigenvalue weighted by Gasteiger charge is -2.06. The van der Waals surface area contributed by atoms with Crippen molar-refractivity contribution in [2.45, 2.75) is 6.54 Å². The number of nitrogens with one attached hydrogen (secondary N) is 1. The molecule has 0 bridgehead atoms. The number of benzene rings is 1. The summed E-state index contributed by atoms with van der Waals surface area (Å²) in [5, 5.41) is 4.64. The van der Waals surface area contributed by atoms with Gasteiger partial charge < -0.3 is 4.57 Å². The predicted molar refractivity (Wildman–Crippen MR) is 102 cm³/mol. The van der Waals surface area contributed by atoms with Gasteiger partial charge in [-0.15, -0.1) is 0 Å². The smallest absolute Gasteiger partial charge is 0.315 e. The largest absolute Gasteiger partial charge is 0.332 e. The van der Waals surface area contributed by atoms with E-state index in [0.29, 0.717) is 15.6 Å². The number of carbonyl (C=O) groups is 1. The first-order valence-corrected chi connectivity index (χ1v) is 8.43. The molecule has 1 amide bonds. The number of aromatic nitrogens is 4. The van der Waals surface area contributed by atoms with Crippen LogP contribution in [0.25, 0.3) is 11.2 Å². The summed E-state index contributed by atoms with van der Waals surface area (Å²) >= 11 is 11.7. The van der Waals surface area contributed by atoms with Gasteiger partial charge in [0.25, 0.3) is 11.5 Å². The molecule has 2 aromatic heterocycles. The maximum Gasteiger partial charge on any atom is 0.332 e. The number of fused-ring (bicyclic) bond motifs is 1. The Hall–Kier alpha value is -2.91. The molecular weight excluding hydrogens is 395 g/mol. The molecule has 140 valence electrons. The number of aryl methyl sites for hydroxylation is 1. The summed E-state index contributed by atoms with van der Waals surface area (Å²) in [5.41, 5.74) is 2.35. The van der Waals surface area contributed by atoms with E-state index in [-0.39, 0.29) is 17.7 Å². The van der Waals surface area contributed by atoms with Crippen molar-refractivity contribution in [1.29, 1.82) is 0 Å². The molecule has 0 spiro atoms. The molecule has 0 fully saturated rings. The van der Waals surface area contributed by atoms with E-state index in [4.69, 9.17) is 23.2 Å². The minimum atomic E-state index is -0.530. The lowest BCUT2D eigenvalue weighted by Crippen LogP contribution is -2.38. The number of carbonyl (C=O) groups excluding carboxylic acids is 1. The standard InChI is InChI=1S/C16H14Cl2N6O3/c1-22-14-13(15(26)23(2)16(22)27)24(8-19-14)7-12(25)21-20-6-9-3-4-10(17)11(18)5-9/h3-6,8H,7H2,1-2H3,(H,21,25)/b20-6+. The van der Waals surface area contributed by atoms with E-state index in [2.05, 4.69) is 15.5 Å². The molecule has 0 saturated carbocycles. The molecule has 0 saturated heterocycles. The van der Waals surface area contributed by atoms with E-state index in [1.807, 2.05) is 0 Å². The zero-order valence-electron chi connectivity index (χ0n) is 14.3. The van der Waals surface area contributed by atoms with Crippen LogP contribution in [0, 0.1) is 0 Å². The van der Waals surface area contributed by atoms with Gasteiger partial charge in [0.1, 0.15) is 6.54 Å². The summed E-state index contributed by atoms with van der Waals surface area (Å²) < 4.78 is 3.57. The predicted octanol–water partition coefficient (Wildman–Crippen LogP) is 0.891. The van der Waals surface area contributed by atoms with Gasteiger partial charge in [-0.05, 0) is 17.7 Å². The van der Waals surface area contributed by atoms with Gasteiger partial charge in [-0.25, -0.2) is 15.2 Å². The first-order chi connectivity index (χ1) is 12.8. The number of hydrogen-bond donors (Lipinski definition) is 1. The molecule has 0 atom stereocenters. The highest BCUT2D eigenvalue weighted by Crippen LogP contribution is 2.21. The molecule has 3 rings (SSSR count). The van der Waals surface area contributed by atoms with Gasteiger partial charge in [-0.3, -0.25) is 18.7 Å². The molecule has 3 aromatic rings. The third-order valence-electron chi connectivity index (χ3n) is 3.88. The van der Waals surface area contributed by atoms with Crippen LogP contribution in [0.2, 0.25) is 10.0 Å². The van der Waals surface area contributed by atoms with Gasteiger partial charge in [0.05, 0.1) is 22.6 Å². The van der Waals surface area contributed by atoms with Crippen LogP contribution < -0.4 is 16.7 Å². The Balaban J connectivity index is 1.78. The van der Waals surface area contributed by atoms with Crippen molar-refractivity contribution in [1.82, 2.24) is 24.1 Å². The van der Waals surface area contributed by atoms with Crippen LogP contribution >= 0.6 is 23.2 Å². The van der Waals surface area contributed by atoms with Gasteiger partial charge in [0, 0.05) is 14.1 Å². The maximum atomic E-state index is 12.3. The molecule has 0 radical (unpaired) electrons. The number of halogens is 2. The van der Waals surface area contributed by atoms with Crippen molar-refractivity contribution in [3.8, 4) is 0 Å². The fourth-order valence-corrected chi connectivity index (χ4v) is 2.78. The van der Waals surface area contributed by atoms with Crippen LogP contribution in [0.3, 0.4) is 0 Å². The number of hydrazone groups is 1. The average molecular weight is 409 g/mol. The fraction of sp³-hybridized carbons (Fsp3) is 0.188. The molecule has 9 nitrogen and oxygen atoms in total. The van der Waals surface area contributed by atoms with Gasteiger partial charge >= 0.3 is 5.69 Å². The zero-order valence-corrected chi connectivity index (χ0v) is 15.8. The molecule has 0 unspecified atom stereocenters. The van der Waals surface area contributed by atoms with Crippen LogP contribution in [0.5, 0.6) is 0 Å². The summed E-state index contributed by atoms with van der Waals surface area (Å²) in [7, 11) is 2.87. The Morgan fingerprint density at radius 1 is 1.22 bits per heavy atom.